The first-order valence-corrected chi connectivity index (χ1v) is 13.1. The minimum atomic E-state index is -3.84. The van der Waals surface area contributed by atoms with Crippen LogP contribution in [0.25, 0.3) is 10.8 Å². The number of sulfonamides is 1. The van der Waals surface area contributed by atoms with Crippen LogP contribution in [-0.2, 0) is 23.0 Å². The Morgan fingerprint density at radius 2 is 1.76 bits per heavy atom. The predicted molar refractivity (Wildman–Crippen MR) is 130 cm³/mol. The third-order valence-corrected chi connectivity index (χ3v) is 8.56. The zero-order chi connectivity index (χ0) is 23.7. The molecule has 2 aromatic carbocycles. The van der Waals surface area contributed by atoms with E-state index in [9.17, 15) is 18.0 Å². The number of benzene rings is 2. The lowest BCUT2D eigenvalue weighted by molar-refractivity contribution is 0.0949. The summed E-state index contributed by atoms with van der Waals surface area (Å²) >= 11 is 0. The summed E-state index contributed by atoms with van der Waals surface area (Å²) in [6, 6.07) is 13.5. The van der Waals surface area contributed by atoms with Gasteiger partial charge in [0.15, 0.2) is 0 Å². The van der Waals surface area contributed by atoms with Crippen molar-refractivity contribution in [2.75, 3.05) is 32.7 Å². The maximum Gasteiger partial charge on any atom is 0.256 e. The van der Waals surface area contributed by atoms with Crippen LogP contribution in [0.4, 0.5) is 0 Å². The zero-order valence-electron chi connectivity index (χ0n) is 18.9. The molecule has 1 amide bonds. The number of carbonyl (C=O) groups is 1. The monoisotopic (exact) mass is 480 g/mol. The van der Waals surface area contributed by atoms with E-state index in [2.05, 4.69) is 15.2 Å². The van der Waals surface area contributed by atoms with Gasteiger partial charge in [0.25, 0.3) is 11.5 Å². The second kappa shape index (κ2) is 9.32. The van der Waals surface area contributed by atoms with Crippen molar-refractivity contribution in [3.05, 3.63) is 75.7 Å². The zero-order valence-corrected chi connectivity index (χ0v) is 19.7. The minimum absolute atomic E-state index is 0.0753. The van der Waals surface area contributed by atoms with Crippen LogP contribution in [0.5, 0.6) is 0 Å². The number of pyridine rings is 1. The minimum Gasteiger partial charge on any atom is -0.351 e. The molecule has 3 heterocycles. The Morgan fingerprint density at radius 1 is 1.00 bits per heavy atom. The molecule has 1 fully saturated rings. The highest BCUT2D eigenvalue weighted by atomic mass is 32.2. The first-order valence-electron chi connectivity index (χ1n) is 11.7. The summed E-state index contributed by atoms with van der Waals surface area (Å²) in [6.07, 6.45) is 2.89. The first kappa shape index (κ1) is 22.8. The average molecular weight is 481 g/mol. The summed E-state index contributed by atoms with van der Waals surface area (Å²) in [7, 11) is -3.84. The maximum atomic E-state index is 13.4. The summed E-state index contributed by atoms with van der Waals surface area (Å²) in [5.41, 5.74) is 1.70. The van der Waals surface area contributed by atoms with Gasteiger partial charge in [0.2, 0.25) is 10.0 Å². The van der Waals surface area contributed by atoms with Gasteiger partial charge in [0, 0.05) is 36.3 Å². The molecule has 0 aliphatic carbocycles. The molecule has 3 aromatic rings. The molecule has 34 heavy (non-hydrogen) atoms. The van der Waals surface area contributed by atoms with Crippen LogP contribution in [-0.4, -0.2) is 61.2 Å². The molecule has 0 atom stereocenters. The molecule has 9 heteroatoms. The van der Waals surface area contributed by atoms with E-state index in [1.54, 1.807) is 18.2 Å². The Bertz CT molecular complexity index is 1390. The van der Waals surface area contributed by atoms with Crippen LogP contribution in [0, 0.1) is 0 Å². The summed E-state index contributed by atoms with van der Waals surface area (Å²) in [6.45, 7) is 3.83. The molecule has 2 aliphatic rings. The average Bonchev–Trinajstić information content (AvgIpc) is 3.37. The molecule has 1 saturated heterocycles. The van der Waals surface area contributed by atoms with Crippen molar-refractivity contribution >= 4 is 26.7 Å². The maximum absolute atomic E-state index is 13.4. The van der Waals surface area contributed by atoms with E-state index < -0.39 is 10.0 Å². The fourth-order valence-electron chi connectivity index (χ4n) is 4.89. The van der Waals surface area contributed by atoms with Gasteiger partial charge >= 0.3 is 0 Å². The summed E-state index contributed by atoms with van der Waals surface area (Å²) in [5, 5.41) is 4.37. The van der Waals surface area contributed by atoms with Crippen LogP contribution in [0.1, 0.15) is 34.5 Å². The summed E-state index contributed by atoms with van der Waals surface area (Å²) in [5.74, 6) is -0.281. The topological polar surface area (TPSA) is 103 Å². The van der Waals surface area contributed by atoms with E-state index in [4.69, 9.17) is 0 Å². The number of likely N-dealkylation sites (tertiary alicyclic amines) is 1. The molecular weight excluding hydrogens is 452 g/mol. The number of aromatic nitrogens is 1. The molecule has 178 valence electrons. The first-order chi connectivity index (χ1) is 16.4. The number of aromatic amines is 1. The van der Waals surface area contributed by atoms with Crippen molar-refractivity contribution in [3.63, 3.8) is 0 Å². The fraction of sp³-hybridized carbons (Fsp3) is 0.360. The molecule has 5 rings (SSSR count). The molecule has 0 saturated carbocycles. The largest absolute Gasteiger partial charge is 0.351 e. The number of nitrogens with zero attached hydrogens (tertiary/aromatic N) is 2. The van der Waals surface area contributed by atoms with Crippen molar-refractivity contribution < 1.29 is 13.2 Å². The molecule has 8 nitrogen and oxygen atoms in total. The highest BCUT2D eigenvalue weighted by Gasteiger charge is 2.30. The quantitative estimate of drug-likeness (QED) is 0.563. The van der Waals surface area contributed by atoms with E-state index >= 15 is 0 Å². The van der Waals surface area contributed by atoms with Gasteiger partial charge in [-0.25, -0.2) is 8.42 Å². The Hall–Kier alpha value is -3.01. The Balaban J connectivity index is 1.33. The lowest BCUT2D eigenvalue weighted by atomic mass is 9.99. The van der Waals surface area contributed by atoms with Crippen LogP contribution in [0.3, 0.4) is 0 Å². The van der Waals surface area contributed by atoms with Crippen molar-refractivity contribution in [3.8, 4) is 0 Å². The van der Waals surface area contributed by atoms with Gasteiger partial charge in [0.05, 0.1) is 11.4 Å². The van der Waals surface area contributed by atoms with Gasteiger partial charge in [-0.1, -0.05) is 24.3 Å². The van der Waals surface area contributed by atoms with Crippen LogP contribution >= 0.6 is 0 Å². The number of hydrogen-bond acceptors (Lipinski definition) is 5. The third kappa shape index (κ3) is 4.38. The Kier molecular flexibility index (Phi) is 6.24. The highest BCUT2D eigenvalue weighted by molar-refractivity contribution is 7.89. The van der Waals surface area contributed by atoms with Crippen LogP contribution in [0.2, 0.25) is 0 Å². The summed E-state index contributed by atoms with van der Waals surface area (Å²) in [4.78, 5) is 30.4. The van der Waals surface area contributed by atoms with Gasteiger partial charge in [-0.05, 0) is 67.6 Å². The predicted octanol–water partition coefficient (Wildman–Crippen LogP) is 2.10. The number of carbonyl (C=O) groups excluding carboxylic acids is 1. The molecular formula is C25H28N4O4S. The smallest absolute Gasteiger partial charge is 0.256 e. The summed E-state index contributed by atoms with van der Waals surface area (Å²) < 4.78 is 28.2. The van der Waals surface area contributed by atoms with Crippen molar-refractivity contribution in [1.82, 2.24) is 19.5 Å². The molecule has 0 unspecified atom stereocenters. The number of hydrogen-bond donors (Lipinski definition) is 2. The number of amides is 1. The van der Waals surface area contributed by atoms with Crippen molar-refractivity contribution in [1.29, 1.82) is 0 Å². The molecule has 1 aromatic heterocycles. The lowest BCUT2D eigenvalue weighted by Crippen LogP contribution is -2.37. The lowest BCUT2D eigenvalue weighted by Gasteiger charge is -2.28. The van der Waals surface area contributed by atoms with Crippen molar-refractivity contribution in [2.45, 2.75) is 30.7 Å². The Morgan fingerprint density at radius 3 is 2.56 bits per heavy atom. The third-order valence-electron chi connectivity index (χ3n) is 6.72. The molecule has 2 aliphatic heterocycles. The molecule has 0 radical (unpaired) electrons. The standard InChI is InChI=1S/C25H28N4O4S/c30-24(26-11-15-28-12-3-4-13-28)18-6-5-7-19(16-18)34(32,33)29-14-10-21-20-8-1-2-9-22(20)25(31)27-23(21)17-29/h1-2,5-9,16H,3-4,10-15,17H2,(H,26,30)(H,27,31). The molecule has 2 N–H and O–H groups in total. The van der Waals surface area contributed by atoms with E-state index in [1.165, 1.54) is 29.3 Å². The van der Waals surface area contributed by atoms with E-state index in [0.29, 0.717) is 36.2 Å². The number of H-pyrrole nitrogens is 1. The van der Waals surface area contributed by atoms with E-state index in [-0.39, 0.29) is 22.9 Å². The Labute approximate surface area is 198 Å². The SMILES string of the molecule is O=C(NCCN1CCCC1)c1cccc(S(=O)(=O)N2CCc3c([nH]c(=O)c4ccccc34)C2)c1. The highest BCUT2D eigenvalue weighted by Crippen LogP contribution is 2.27. The normalized spacial score (nSPS) is 17.1. The van der Waals surface area contributed by atoms with Crippen LogP contribution in [0.15, 0.2) is 58.2 Å². The van der Waals surface area contributed by atoms with Gasteiger partial charge < -0.3 is 15.2 Å². The number of rotatable bonds is 6. The fourth-order valence-corrected chi connectivity index (χ4v) is 6.34. The number of nitrogens with one attached hydrogen (secondary N) is 2. The van der Waals surface area contributed by atoms with Gasteiger partial charge in [0.1, 0.15) is 0 Å². The molecule has 0 spiro atoms. The van der Waals surface area contributed by atoms with Crippen LogP contribution < -0.4 is 10.9 Å². The number of fused-ring (bicyclic) bond motifs is 3. The molecule has 0 bridgehead atoms. The van der Waals surface area contributed by atoms with E-state index in [1.807, 2.05) is 18.2 Å². The van der Waals surface area contributed by atoms with Gasteiger partial charge in [-0.3, -0.25) is 9.59 Å². The van der Waals surface area contributed by atoms with Gasteiger partial charge in [-0.15, -0.1) is 0 Å². The van der Waals surface area contributed by atoms with E-state index in [0.717, 1.165) is 30.6 Å². The second-order valence-electron chi connectivity index (χ2n) is 8.88. The van der Waals surface area contributed by atoms with Gasteiger partial charge in [-0.2, -0.15) is 4.31 Å². The van der Waals surface area contributed by atoms with Crippen molar-refractivity contribution in [2.24, 2.45) is 0 Å². The second-order valence-corrected chi connectivity index (χ2v) is 10.8.